The van der Waals surface area contributed by atoms with Gasteiger partial charge in [-0.3, -0.25) is 0 Å². The second-order valence-electron chi connectivity index (χ2n) is 3.44. The van der Waals surface area contributed by atoms with Crippen molar-refractivity contribution in [1.82, 2.24) is 0 Å². The van der Waals surface area contributed by atoms with E-state index in [1.54, 1.807) is 0 Å². The summed E-state index contributed by atoms with van der Waals surface area (Å²) in [5.41, 5.74) is 2.79. The van der Waals surface area contributed by atoms with Gasteiger partial charge < -0.3 is 0 Å². The van der Waals surface area contributed by atoms with E-state index in [-0.39, 0.29) is 0 Å². The molecule has 0 aliphatic heterocycles. The highest BCUT2D eigenvalue weighted by atomic mass is 14.0. The summed E-state index contributed by atoms with van der Waals surface area (Å²) in [5.74, 6) is 0.866. The van der Waals surface area contributed by atoms with Crippen molar-refractivity contribution in [2.75, 3.05) is 0 Å². The lowest BCUT2D eigenvalue weighted by atomic mass is 10.0. The maximum absolute atomic E-state index is 3.53. The van der Waals surface area contributed by atoms with Crippen LogP contribution in [0.5, 0.6) is 0 Å². The molecule has 0 radical (unpaired) electrons. The van der Waals surface area contributed by atoms with Gasteiger partial charge >= 0.3 is 0 Å². The largest absolute Gasteiger partial charge is 0.133 e. The molecule has 0 spiro atoms. The van der Waals surface area contributed by atoms with Crippen molar-refractivity contribution in [2.45, 2.75) is 46.0 Å². The summed E-state index contributed by atoms with van der Waals surface area (Å²) in [6.45, 7) is 8.09. The Morgan fingerprint density at radius 2 is 2.00 bits per heavy atom. The van der Waals surface area contributed by atoms with Crippen LogP contribution in [0.2, 0.25) is 0 Å². The highest BCUT2D eigenvalue weighted by molar-refractivity contribution is 4.74. The zero-order valence-corrected chi connectivity index (χ0v) is 7.90. The van der Waals surface area contributed by atoms with E-state index < -0.39 is 0 Å². The molecule has 0 atom stereocenters. The van der Waals surface area contributed by atoms with E-state index in [1.807, 2.05) is 6.08 Å². The third kappa shape index (κ3) is 9.52. The molecule has 0 heteroatoms. The van der Waals surface area contributed by atoms with Crippen molar-refractivity contribution in [3.05, 3.63) is 18.4 Å². The van der Waals surface area contributed by atoms with Crippen molar-refractivity contribution < 1.29 is 0 Å². The Morgan fingerprint density at radius 3 is 2.55 bits per heavy atom. The van der Waals surface area contributed by atoms with Crippen molar-refractivity contribution in [3.63, 3.8) is 0 Å². The SMILES string of the molecule is C=C=CCCCCCC(C)C. The van der Waals surface area contributed by atoms with Crippen LogP contribution in [0.4, 0.5) is 0 Å². The molecule has 0 saturated carbocycles. The Kier molecular flexibility index (Phi) is 7.29. The van der Waals surface area contributed by atoms with Crippen LogP contribution in [-0.4, -0.2) is 0 Å². The molecule has 0 unspecified atom stereocenters. The molecule has 0 N–H and O–H groups in total. The Bertz CT molecular complexity index is 116. The standard InChI is InChI=1S/C11H20/c1-4-5-6-7-8-9-10-11(2)3/h5,11H,1,6-10H2,2-3H3. The molecule has 0 bridgehead atoms. The molecule has 0 aromatic carbocycles. The molecular formula is C11H20. The van der Waals surface area contributed by atoms with Crippen molar-refractivity contribution >= 4 is 0 Å². The maximum atomic E-state index is 3.53. The van der Waals surface area contributed by atoms with E-state index in [0.717, 1.165) is 12.3 Å². The van der Waals surface area contributed by atoms with Gasteiger partial charge in [-0.1, -0.05) is 39.7 Å². The third-order valence-electron chi connectivity index (χ3n) is 1.77. The average Bonchev–Trinajstić information content (AvgIpc) is 1.96. The predicted molar refractivity (Wildman–Crippen MR) is 51.6 cm³/mol. The van der Waals surface area contributed by atoms with Crippen LogP contribution >= 0.6 is 0 Å². The van der Waals surface area contributed by atoms with E-state index in [9.17, 15) is 0 Å². The van der Waals surface area contributed by atoms with Crippen LogP contribution in [0.15, 0.2) is 18.4 Å². The first-order chi connectivity index (χ1) is 5.27. The van der Waals surface area contributed by atoms with Gasteiger partial charge in [-0.15, -0.1) is 5.73 Å². The highest BCUT2D eigenvalue weighted by Gasteiger charge is 1.92. The van der Waals surface area contributed by atoms with Gasteiger partial charge in [0, 0.05) is 0 Å². The minimum Gasteiger partial charge on any atom is -0.133 e. The second kappa shape index (κ2) is 7.63. The minimum atomic E-state index is 0.866. The lowest BCUT2D eigenvalue weighted by Crippen LogP contribution is -1.86. The first-order valence-corrected chi connectivity index (χ1v) is 4.61. The lowest BCUT2D eigenvalue weighted by molar-refractivity contribution is 0.529. The second-order valence-corrected chi connectivity index (χ2v) is 3.44. The van der Waals surface area contributed by atoms with Crippen molar-refractivity contribution in [2.24, 2.45) is 5.92 Å². The first kappa shape index (κ1) is 10.5. The van der Waals surface area contributed by atoms with Gasteiger partial charge in [0.1, 0.15) is 0 Å². The van der Waals surface area contributed by atoms with E-state index in [2.05, 4.69) is 26.2 Å². The zero-order chi connectivity index (χ0) is 8.53. The van der Waals surface area contributed by atoms with Crippen LogP contribution < -0.4 is 0 Å². The molecule has 0 heterocycles. The molecule has 0 aliphatic rings. The lowest BCUT2D eigenvalue weighted by Gasteiger charge is -2.02. The summed E-state index contributed by atoms with van der Waals surface area (Å²) >= 11 is 0. The van der Waals surface area contributed by atoms with Gasteiger partial charge in [-0.2, -0.15) is 0 Å². The minimum absolute atomic E-state index is 0.866. The Labute approximate surface area is 71.0 Å². The van der Waals surface area contributed by atoms with Gasteiger partial charge in [0.25, 0.3) is 0 Å². The summed E-state index contributed by atoms with van der Waals surface area (Å²) < 4.78 is 0. The fourth-order valence-corrected chi connectivity index (χ4v) is 1.08. The summed E-state index contributed by atoms with van der Waals surface area (Å²) in [6.07, 6.45) is 8.59. The third-order valence-corrected chi connectivity index (χ3v) is 1.77. The monoisotopic (exact) mass is 152 g/mol. The van der Waals surface area contributed by atoms with E-state index in [0.29, 0.717) is 0 Å². The van der Waals surface area contributed by atoms with E-state index >= 15 is 0 Å². The number of allylic oxidation sites excluding steroid dienone is 1. The summed E-state index contributed by atoms with van der Waals surface area (Å²) in [7, 11) is 0. The summed E-state index contributed by atoms with van der Waals surface area (Å²) in [5, 5.41) is 0. The molecule has 0 saturated heterocycles. The molecule has 0 amide bonds. The molecule has 0 aromatic heterocycles. The number of hydrogen-bond acceptors (Lipinski definition) is 0. The highest BCUT2D eigenvalue weighted by Crippen LogP contribution is 2.09. The van der Waals surface area contributed by atoms with Gasteiger partial charge in [0.15, 0.2) is 0 Å². The molecule has 0 fully saturated rings. The molecular weight excluding hydrogens is 132 g/mol. The van der Waals surface area contributed by atoms with Gasteiger partial charge in [-0.25, -0.2) is 0 Å². The predicted octanol–water partition coefficient (Wildman–Crippen LogP) is 3.93. The van der Waals surface area contributed by atoms with Crippen LogP contribution in [0.3, 0.4) is 0 Å². The first-order valence-electron chi connectivity index (χ1n) is 4.61. The molecule has 0 nitrogen and oxygen atoms in total. The molecule has 0 rings (SSSR count). The molecule has 0 aromatic rings. The smallest absolute Gasteiger partial charge is 0.0275 e. The number of unbranched alkanes of at least 4 members (excludes halogenated alkanes) is 3. The van der Waals surface area contributed by atoms with Gasteiger partial charge in [-0.05, 0) is 24.8 Å². The average molecular weight is 152 g/mol. The Hall–Kier alpha value is -0.480. The van der Waals surface area contributed by atoms with E-state index in [1.165, 1.54) is 25.7 Å². The molecule has 11 heavy (non-hydrogen) atoms. The van der Waals surface area contributed by atoms with Crippen molar-refractivity contribution in [1.29, 1.82) is 0 Å². The fourth-order valence-electron chi connectivity index (χ4n) is 1.08. The van der Waals surface area contributed by atoms with Gasteiger partial charge in [0.05, 0.1) is 0 Å². The number of rotatable bonds is 6. The molecule has 64 valence electrons. The van der Waals surface area contributed by atoms with Crippen LogP contribution in [0.1, 0.15) is 46.0 Å². The Morgan fingerprint density at radius 1 is 1.27 bits per heavy atom. The topological polar surface area (TPSA) is 0 Å². The fraction of sp³-hybridized carbons (Fsp3) is 0.727. The normalized spacial score (nSPS) is 9.73. The van der Waals surface area contributed by atoms with Crippen molar-refractivity contribution in [3.8, 4) is 0 Å². The quantitative estimate of drug-likeness (QED) is 0.399. The zero-order valence-electron chi connectivity index (χ0n) is 7.90. The van der Waals surface area contributed by atoms with Gasteiger partial charge in [0.2, 0.25) is 0 Å². The van der Waals surface area contributed by atoms with Crippen LogP contribution in [0.25, 0.3) is 0 Å². The summed E-state index contributed by atoms with van der Waals surface area (Å²) in [4.78, 5) is 0. The van der Waals surface area contributed by atoms with E-state index in [4.69, 9.17) is 0 Å². The van der Waals surface area contributed by atoms with Crippen LogP contribution in [0, 0.1) is 5.92 Å². The summed E-state index contributed by atoms with van der Waals surface area (Å²) in [6, 6.07) is 0. The number of hydrogen-bond donors (Lipinski definition) is 0. The molecule has 0 aliphatic carbocycles. The maximum Gasteiger partial charge on any atom is -0.0275 e. The van der Waals surface area contributed by atoms with Crippen LogP contribution in [-0.2, 0) is 0 Å². The Balaban J connectivity index is 2.96.